The first-order valence-electron chi connectivity index (χ1n) is 8.31. The third-order valence-electron chi connectivity index (χ3n) is 3.76. The van der Waals surface area contributed by atoms with Gasteiger partial charge in [0.1, 0.15) is 5.75 Å². The lowest BCUT2D eigenvalue weighted by molar-refractivity contribution is -0.119. The number of hydrogen-bond acceptors (Lipinski definition) is 3. The summed E-state index contributed by atoms with van der Waals surface area (Å²) in [6.07, 6.45) is 0. The minimum Gasteiger partial charge on any atom is -0.484 e. The normalized spacial score (nSPS) is 12.4. The number of carbonyl (C=O) groups excluding carboxylic acids is 1. The summed E-state index contributed by atoms with van der Waals surface area (Å²) < 4.78 is 31.7. The second-order valence-corrected chi connectivity index (χ2v) is 5.87. The highest BCUT2D eigenvalue weighted by atomic mass is 19.2. The monoisotopic (exact) mass is 376 g/mol. The number of ether oxygens (including phenoxy) is 1. The third-order valence-corrected chi connectivity index (χ3v) is 3.76. The summed E-state index contributed by atoms with van der Waals surface area (Å²) in [7, 11) is 1.61. The van der Waals surface area contributed by atoms with Crippen molar-refractivity contribution in [3.63, 3.8) is 0 Å². The Bertz CT molecular complexity index is 827. The molecule has 1 amide bonds. The molecule has 1 unspecified atom stereocenters. The topological polar surface area (TPSA) is 88.7 Å². The van der Waals surface area contributed by atoms with Gasteiger partial charge in [0, 0.05) is 13.6 Å². The van der Waals surface area contributed by atoms with Crippen molar-refractivity contribution in [1.29, 1.82) is 0 Å². The number of halogens is 2. The molecule has 0 heterocycles. The first-order chi connectivity index (χ1) is 12.9. The van der Waals surface area contributed by atoms with Crippen LogP contribution in [0.15, 0.2) is 47.5 Å². The molecule has 4 N–H and O–H groups in total. The molecule has 0 aliphatic carbocycles. The molecule has 6 nitrogen and oxygen atoms in total. The maximum atomic E-state index is 13.4. The molecule has 2 rings (SSSR count). The second-order valence-electron chi connectivity index (χ2n) is 5.87. The highest BCUT2D eigenvalue weighted by Gasteiger charge is 2.11. The van der Waals surface area contributed by atoms with E-state index in [0.29, 0.717) is 23.8 Å². The van der Waals surface area contributed by atoms with Crippen LogP contribution in [0, 0.1) is 11.6 Å². The number of hydrogen-bond donors (Lipinski definition) is 3. The molecule has 0 spiro atoms. The fourth-order valence-corrected chi connectivity index (χ4v) is 2.35. The van der Waals surface area contributed by atoms with Crippen molar-refractivity contribution in [3.05, 3.63) is 65.2 Å². The molecule has 27 heavy (non-hydrogen) atoms. The molecular formula is C19H22F2N4O2. The Labute approximate surface area is 156 Å². The van der Waals surface area contributed by atoms with Gasteiger partial charge in [-0.3, -0.25) is 9.79 Å². The summed E-state index contributed by atoms with van der Waals surface area (Å²) in [6.45, 7) is 2.07. The van der Waals surface area contributed by atoms with Crippen LogP contribution in [-0.4, -0.2) is 25.5 Å². The van der Waals surface area contributed by atoms with E-state index in [1.807, 2.05) is 13.0 Å². The lowest BCUT2D eigenvalue weighted by atomic mass is 10.1. The zero-order valence-electron chi connectivity index (χ0n) is 15.1. The van der Waals surface area contributed by atoms with E-state index in [-0.39, 0.29) is 12.6 Å². The SMILES string of the molecule is CN=C(NCc1cccc(OCC(N)=O)c1)NC(C)c1ccc(F)c(F)c1. The Balaban J connectivity index is 1.94. The average molecular weight is 376 g/mol. The molecule has 144 valence electrons. The first-order valence-corrected chi connectivity index (χ1v) is 8.31. The van der Waals surface area contributed by atoms with Gasteiger partial charge in [0.25, 0.3) is 5.91 Å². The number of amides is 1. The van der Waals surface area contributed by atoms with Crippen LogP contribution in [0.25, 0.3) is 0 Å². The maximum absolute atomic E-state index is 13.4. The highest BCUT2D eigenvalue weighted by Crippen LogP contribution is 2.16. The van der Waals surface area contributed by atoms with E-state index in [1.165, 1.54) is 6.07 Å². The molecule has 0 radical (unpaired) electrons. The van der Waals surface area contributed by atoms with E-state index in [9.17, 15) is 13.6 Å². The van der Waals surface area contributed by atoms with Crippen LogP contribution in [0.1, 0.15) is 24.1 Å². The van der Waals surface area contributed by atoms with E-state index in [0.717, 1.165) is 17.7 Å². The molecule has 0 aliphatic rings. The van der Waals surface area contributed by atoms with E-state index in [2.05, 4.69) is 15.6 Å². The maximum Gasteiger partial charge on any atom is 0.255 e. The number of primary amides is 1. The van der Waals surface area contributed by atoms with Gasteiger partial charge in [0.15, 0.2) is 24.2 Å². The van der Waals surface area contributed by atoms with Crippen molar-refractivity contribution in [2.45, 2.75) is 19.5 Å². The van der Waals surface area contributed by atoms with E-state index >= 15 is 0 Å². The molecule has 0 aromatic heterocycles. The van der Waals surface area contributed by atoms with Crippen molar-refractivity contribution < 1.29 is 18.3 Å². The van der Waals surface area contributed by atoms with Gasteiger partial charge in [-0.1, -0.05) is 18.2 Å². The Morgan fingerprint density at radius 3 is 2.67 bits per heavy atom. The minimum absolute atomic E-state index is 0.189. The summed E-state index contributed by atoms with van der Waals surface area (Å²) in [6, 6.07) is 10.7. The van der Waals surface area contributed by atoms with Gasteiger partial charge in [0.05, 0.1) is 6.04 Å². The Hall–Kier alpha value is -3.16. The van der Waals surface area contributed by atoms with Crippen LogP contribution < -0.4 is 21.1 Å². The van der Waals surface area contributed by atoms with Gasteiger partial charge in [0.2, 0.25) is 0 Å². The predicted octanol–water partition coefficient (Wildman–Crippen LogP) is 2.26. The number of nitrogens with one attached hydrogen (secondary N) is 2. The lowest BCUT2D eigenvalue weighted by Gasteiger charge is -2.18. The highest BCUT2D eigenvalue weighted by molar-refractivity contribution is 5.80. The number of guanidine groups is 1. The van der Waals surface area contributed by atoms with E-state index < -0.39 is 17.5 Å². The van der Waals surface area contributed by atoms with Crippen LogP contribution in [0.2, 0.25) is 0 Å². The molecule has 8 heteroatoms. The standard InChI is InChI=1S/C19H22F2N4O2/c1-12(14-6-7-16(20)17(21)9-14)25-19(23-2)24-10-13-4-3-5-15(8-13)27-11-18(22)26/h3-9,12H,10-11H2,1-2H3,(H2,22,26)(H2,23,24,25). The van der Waals surface area contributed by atoms with Crippen LogP contribution >= 0.6 is 0 Å². The number of carbonyl (C=O) groups is 1. The van der Waals surface area contributed by atoms with Gasteiger partial charge in [-0.25, -0.2) is 8.78 Å². The fourth-order valence-electron chi connectivity index (χ4n) is 2.35. The van der Waals surface area contributed by atoms with E-state index in [1.54, 1.807) is 25.2 Å². The smallest absolute Gasteiger partial charge is 0.255 e. The van der Waals surface area contributed by atoms with Crippen LogP contribution in [0.4, 0.5) is 8.78 Å². The molecule has 0 bridgehead atoms. The van der Waals surface area contributed by atoms with Gasteiger partial charge in [-0.2, -0.15) is 0 Å². The Morgan fingerprint density at radius 2 is 2.00 bits per heavy atom. The number of nitrogens with zero attached hydrogens (tertiary/aromatic N) is 1. The van der Waals surface area contributed by atoms with Gasteiger partial charge in [-0.05, 0) is 42.3 Å². The minimum atomic E-state index is -0.892. The summed E-state index contributed by atoms with van der Waals surface area (Å²) in [5.41, 5.74) is 6.56. The van der Waals surface area contributed by atoms with Crippen molar-refractivity contribution in [3.8, 4) is 5.75 Å². The van der Waals surface area contributed by atoms with E-state index in [4.69, 9.17) is 10.5 Å². The summed E-state index contributed by atoms with van der Waals surface area (Å²) in [4.78, 5) is 14.9. The van der Waals surface area contributed by atoms with Gasteiger partial charge < -0.3 is 21.1 Å². The third kappa shape index (κ3) is 6.25. The summed E-state index contributed by atoms with van der Waals surface area (Å²) in [5, 5.41) is 6.24. The van der Waals surface area contributed by atoms with Crippen molar-refractivity contribution >= 4 is 11.9 Å². The number of nitrogens with two attached hydrogens (primary N) is 1. The molecule has 2 aromatic rings. The van der Waals surface area contributed by atoms with Gasteiger partial charge in [-0.15, -0.1) is 0 Å². The predicted molar refractivity (Wildman–Crippen MR) is 99.2 cm³/mol. The lowest BCUT2D eigenvalue weighted by Crippen LogP contribution is -2.38. The summed E-state index contributed by atoms with van der Waals surface area (Å²) >= 11 is 0. The Morgan fingerprint density at radius 1 is 1.22 bits per heavy atom. The van der Waals surface area contributed by atoms with Crippen molar-refractivity contribution in [2.75, 3.05) is 13.7 Å². The average Bonchev–Trinajstić information content (AvgIpc) is 2.65. The molecule has 0 fully saturated rings. The van der Waals surface area contributed by atoms with Crippen LogP contribution in [0.5, 0.6) is 5.75 Å². The molecule has 0 aliphatic heterocycles. The number of aliphatic imine (C=N–C) groups is 1. The van der Waals surface area contributed by atoms with Crippen molar-refractivity contribution in [1.82, 2.24) is 10.6 Å². The molecule has 0 saturated heterocycles. The Kier molecular flexibility index (Phi) is 7.10. The van der Waals surface area contributed by atoms with Gasteiger partial charge >= 0.3 is 0 Å². The number of benzene rings is 2. The van der Waals surface area contributed by atoms with Crippen molar-refractivity contribution in [2.24, 2.45) is 10.7 Å². The zero-order chi connectivity index (χ0) is 19.8. The van der Waals surface area contributed by atoms with Crippen LogP contribution in [-0.2, 0) is 11.3 Å². The molecule has 2 aromatic carbocycles. The number of rotatable bonds is 7. The molecule has 1 atom stereocenters. The fraction of sp³-hybridized carbons (Fsp3) is 0.263. The quantitative estimate of drug-likeness (QED) is 0.511. The molecule has 0 saturated carbocycles. The second kappa shape index (κ2) is 9.51. The summed E-state index contributed by atoms with van der Waals surface area (Å²) in [5.74, 6) is -1.29. The molecular weight excluding hydrogens is 354 g/mol. The zero-order valence-corrected chi connectivity index (χ0v) is 15.1. The first kappa shape index (κ1) is 20.2. The van der Waals surface area contributed by atoms with Crippen LogP contribution in [0.3, 0.4) is 0 Å². The largest absolute Gasteiger partial charge is 0.484 e.